The standard InChI is InChI=1S/C14H6BrCl2O2/c15-10-4-2-1-3-9(10)14(19)12-11(16)6-5-8(7-18)13(12)17/h1-6H. The molecule has 0 aliphatic rings. The highest BCUT2D eigenvalue weighted by Gasteiger charge is 2.20. The van der Waals surface area contributed by atoms with Gasteiger partial charge < -0.3 is 0 Å². The van der Waals surface area contributed by atoms with Crippen LogP contribution in [-0.2, 0) is 4.79 Å². The molecule has 95 valence electrons. The van der Waals surface area contributed by atoms with Crippen molar-refractivity contribution in [3.05, 3.63) is 67.6 Å². The number of carbonyl (C=O) groups excluding carboxylic acids is 2. The van der Waals surface area contributed by atoms with Gasteiger partial charge in [-0.1, -0.05) is 51.3 Å². The lowest BCUT2D eigenvalue weighted by atomic mass is 10.0. The summed E-state index contributed by atoms with van der Waals surface area (Å²) in [4.78, 5) is 23.2. The van der Waals surface area contributed by atoms with E-state index in [1.807, 2.05) is 0 Å². The Balaban J connectivity index is 2.63. The molecule has 0 saturated heterocycles. The van der Waals surface area contributed by atoms with E-state index in [1.54, 1.807) is 30.6 Å². The quantitative estimate of drug-likeness (QED) is 0.761. The highest BCUT2D eigenvalue weighted by Crippen LogP contribution is 2.31. The Morgan fingerprint density at radius 2 is 1.79 bits per heavy atom. The number of hydrogen-bond acceptors (Lipinski definition) is 2. The molecule has 0 N–H and O–H groups in total. The van der Waals surface area contributed by atoms with Crippen LogP contribution in [-0.4, -0.2) is 12.1 Å². The second-order valence-electron chi connectivity index (χ2n) is 3.69. The van der Waals surface area contributed by atoms with Gasteiger partial charge in [0.1, 0.15) is 0 Å². The number of rotatable bonds is 3. The molecule has 2 nitrogen and oxygen atoms in total. The van der Waals surface area contributed by atoms with Crippen molar-refractivity contribution in [2.45, 2.75) is 0 Å². The van der Waals surface area contributed by atoms with Crippen molar-refractivity contribution in [3.63, 3.8) is 0 Å². The maximum atomic E-state index is 12.4. The Morgan fingerprint density at radius 3 is 2.42 bits per heavy atom. The molecule has 0 spiro atoms. The lowest BCUT2D eigenvalue weighted by Gasteiger charge is -2.09. The Hall–Kier alpha value is -1.16. The van der Waals surface area contributed by atoms with Gasteiger partial charge in [-0.25, -0.2) is 0 Å². The SMILES string of the molecule is O=[C]c1ccc(Cl)c(C(=O)c2ccccc2Br)c1Cl. The molecular weight excluding hydrogens is 351 g/mol. The molecule has 2 rings (SSSR count). The molecule has 0 atom stereocenters. The van der Waals surface area contributed by atoms with Gasteiger partial charge in [0.25, 0.3) is 0 Å². The normalized spacial score (nSPS) is 10.3. The largest absolute Gasteiger partial charge is 0.288 e. The minimum atomic E-state index is -0.348. The predicted octanol–water partition coefficient (Wildman–Crippen LogP) is 4.44. The highest BCUT2D eigenvalue weighted by molar-refractivity contribution is 9.10. The topological polar surface area (TPSA) is 34.1 Å². The maximum absolute atomic E-state index is 12.4. The highest BCUT2D eigenvalue weighted by atomic mass is 79.9. The van der Waals surface area contributed by atoms with Gasteiger partial charge in [-0.3, -0.25) is 9.59 Å². The van der Waals surface area contributed by atoms with Crippen LogP contribution in [0.25, 0.3) is 0 Å². The summed E-state index contributed by atoms with van der Waals surface area (Å²) < 4.78 is 0.632. The van der Waals surface area contributed by atoms with Gasteiger partial charge in [-0.2, -0.15) is 0 Å². The van der Waals surface area contributed by atoms with E-state index in [9.17, 15) is 9.59 Å². The third-order valence-corrected chi connectivity index (χ3v) is 3.95. The van der Waals surface area contributed by atoms with Crippen molar-refractivity contribution in [2.24, 2.45) is 0 Å². The molecule has 0 aliphatic carbocycles. The summed E-state index contributed by atoms with van der Waals surface area (Å²) in [5.74, 6) is -0.348. The first-order chi connectivity index (χ1) is 9.06. The molecule has 0 saturated carbocycles. The van der Waals surface area contributed by atoms with E-state index in [1.165, 1.54) is 12.1 Å². The molecule has 0 heterocycles. The Morgan fingerprint density at radius 1 is 1.11 bits per heavy atom. The van der Waals surface area contributed by atoms with E-state index in [4.69, 9.17) is 23.2 Å². The van der Waals surface area contributed by atoms with Crippen LogP contribution < -0.4 is 0 Å². The predicted molar refractivity (Wildman–Crippen MR) is 78.8 cm³/mol. The smallest absolute Gasteiger partial charge is 0.235 e. The zero-order chi connectivity index (χ0) is 14.0. The molecule has 2 aromatic carbocycles. The van der Waals surface area contributed by atoms with Gasteiger partial charge >= 0.3 is 0 Å². The molecule has 0 fully saturated rings. The zero-order valence-electron chi connectivity index (χ0n) is 9.41. The molecule has 5 heteroatoms. The number of halogens is 3. The first-order valence-corrected chi connectivity index (χ1v) is 6.76. The fourth-order valence-electron chi connectivity index (χ4n) is 1.62. The van der Waals surface area contributed by atoms with Gasteiger partial charge in [0.05, 0.1) is 15.6 Å². The first kappa shape index (κ1) is 14.3. The van der Waals surface area contributed by atoms with Crippen LogP contribution in [0.5, 0.6) is 0 Å². The summed E-state index contributed by atoms with van der Waals surface area (Å²) in [6.45, 7) is 0. The van der Waals surface area contributed by atoms with Crippen molar-refractivity contribution in [1.82, 2.24) is 0 Å². The molecule has 0 aromatic heterocycles. The summed E-state index contributed by atoms with van der Waals surface area (Å²) in [6.07, 6.45) is 1.68. The average Bonchev–Trinajstić information content (AvgIpc) is 2.39. The van der Waals surface area contributed by atoms with Gasteiger partial charge in [0, 0.05) is 15.6 Å². The molecule has 2 aromatic rings. The number of benzene rings is 2. The van der Waals surface area contributed by atoms with E-state index in [-0.39, 0.29) is 27.0 Å². The van der Waals surface area contributed by atoms with Crippen molar-refractivity contribution in [1.29, 1.82) is 0 Å². The summed E-state index contributed by atoms with van der Waals surface area (Å²) in [6, 6.07) is 9.79. The number of hydrogen-bond donors (Lipinski definition) is 0. The van der Waals surface area contributed by atoms with Crippen molar-refractivity contribution in [3.8, 4) is 0 Å². The molecule has 1 radical (unpaired) electrons. The summed E-state index contributed by atoms with van der Waals surface area (Å²) in [5.41, 5.74) is 0.645. The second-order valence-corrected chi connectivity index (χ2v) is 5.33. The molecule has 0 unspecified atom stereocenters. The molecule has 0 aliphatic heterocycles. The van der Waals surface area contributed by atoms with Crippen LogP contribution in [0.4, 0.5) is 0 Å². The van der Waals surface area contributed by atoms with Crippen molar-refractivity contribution < 1.29 is 9.59 Å². The van der Waals surface area contributed by atoms with Crippen LogP contribution in [0.15, 0.2) is 40.9 Å². The average molecular weight is 357 g/mol. The van der Waals surface area contributed by atoms with E-state index < -0.39 is 0 Å². The van der Waals surface area contributed by atoms with Gasteiger partial charge in [-0.05, 0) is 24.3 Å². The van der Waals surface area contributed by atoms with Crippen LogP contribution in [0, 0.1) is 0 Å². The van der Waals surface area contributed by atoms with Crippen LogP contribution >= 0.6 is 39.1 Å². The molecular formula is C14H6BrCl2O2. The zero-order valence-corrected chi connectivity index (χ0v) is 12.5. The fraction of sp³-hybridized carbons (Fsp3) is 0. The Kier molecular flexibility index (Phi) is 4.40. The van der Waals surface area contributed by atoms with Gasteiger partial charge in [0.2, 0.25) is 6.29 Å². The number of ketones is 1. The summed E-state index contributed by atoms with van der Waals surface area (Å²) in [5, 5.41) is 0.216. The minimum absolute atomic E-state index is 0.0169. The third kappa shape index (κ3) is 2.73. The molecule has 0 bridgehead atoms. The molecule has 0 amide bonds. The lowest BCUT2D eigenvalue weighted by molar-refractivity contribution is 0.103. The maximum Gasteiger partial charge on any atom is 0.235 e. The summed E-state index contributed by atoms with van der Waals surface area (Å²) in [7, 11) is 0. The van der Waals surface area contributed by atoms with Crippen LogP contribution in [0.1, 0.15) is 21.5 Å². The Labute approximate surface area is 128 Å². The van der Waals surface area contributed by atoms with Crippen molar-refractivity contribution in [2.75, 3.05) is 0 Å². The van der Waals surface area contributed by atoms with E-state index >= 15 is 0 Å². The minimum Gasteiger partial charge on any atom is -0.288 e. The van der Waals surface area contributed by atoms with E-state index in [0.29, 0.717) is 10.0 Å². The summed E-state index contributed by atoms with van der Waals surface area (Å²) >= 11 is 15.3. The van der Waals surface area contributed by atoms with Gasteiger partial charge in [0.15, 0.2) is 5.78 Å². The third-order valence-electron chi connectivity index (χ3n) is 2.55. The second kappa shape index (κ2) is 5.87. The lowest BCUT2D eigenvalue weighted by Crippen LogP contribution is -2.05. The Bertz CT molecular complexity index is 668. The first-order valence-electron chi connectivity index (χ1n) is 5.21. The van der Waals surface area contributed by atoms with E-state index in [2.05, 4.69) is 15.9 Å². The van der Waals surface area contributed by atoms with Gasteiger partial charge in [-0.15, -0.1) is 0 Å². The number of carbonyl (C=O) groups is 1. The van der Waals surface area contributed by atoms with E-state index in [0.717, 1.165) is 0 Å². The van der Waals surface area contributed by atoms with Crippen LogP contribution in [0.3, 0.4) is 0 Å². The van der Waals surface area contributed by atoms with Crippen molar-refractivity contribution >= 4 is 51.2 Å². The molecule has 19 heavy (non-hydrogen) atoms. The fourth-order valence-corrected chi connectivity index (χ4v) is 2.67. The van der Waals surface area contributed by atoms with Crippen LogP contribution in [0.2, 0.25) is 10.0 Å². The monoisotopic (exact) mass is 355 g/mol.